The molecule has 1 aliphatic carbocycles. The third-order valence-electron chi connectivity index (χ3n) is 5.16. The molecule has 0 aromatic carbocycles. The third kappa shape index (κ3) is 2.77. The van der Waals surface area contributed by atoms with Crippen molar-refractivity contribution in [1.82, 2.24) is 0 Å². The summed E-state index contributed by atoms with van der Waals surface area (Å²) in [4.78, 5) is 12.8. The van der Waals surface area contributed by atoms with Gasteiger partial charge in [-0.1, -0.05) is 13.3 Å². The van der Waals surface area contributed by atoms with Crippen LogP contribution >= 0.6 is 0 Å². The predicted molar refractivity (Wildman–Crippen MR) is 72.3 cm³/mol. The van der Waals surface area contributed by atoms with Gasteiger partial charge >= 0.3 is 0 Å². The molecule has 1 heterocycles. The van der Waals surface area contributed by atoms with E-state index in [0.717, 1.165) is 31.6 Å². The molecule has 2 N–H and O–H groups in total. The molecule has 0 atom stereocenters. The Labute approximate surface area is 110 Å². The first-order valence-electron chi connectivity index (χ1n) is 7.54. The molecule has 18 heavy (non-hydrogen) atoms. The molecule has 2 aliphatic rings. The highest BCUT2D eigenvalue weighted by Crippen LogP contribution is 2.39. The van der Waals surface area contributed by atoms with Crippen molar-refractivity contribution in [3.8, 4) is 0 Å². The molecule has 0 amide bonds. The van der Waals surface area contributed by atoms with E-state index in [1.165, 1.54) is 19.3 Å². The van der Waals surface area contributed by atoms with E-state index in [2.05, 4.69) is 6.92 Å². The highest BCUT2D eigenvalue weighted by atomic mass is 16.5. The zero-order valence-corrected chi connectivity index (χ0v) is 11.6. The fourth-order valence-corrected chi connectivity index (χ4v) is 3.58. The van der Waals surface area contributed by atoms with Crippen LogP contribution in [0.5, 0.6) is 0 Å². The van der Waals surface area contributed by atoms with Gasteiger partial charge in [-0.15, -0.1) is 0 Å². The minimum absolute atomic E-state index is 0.262. The van der Waals surface area contributed by atoms with Crippen LogP contribution in [0.4, 0.5) is 0 Å². The van der Waals surface area contributed by atoms with E-state index in [0.29, 0.717) is 25.5 Å². The smallest absolute Gasteiger partial charge is 0.143 e. The lowest BCUT2D eigenvalue weighted by molar-refractivity contribution is -0.139. The summed E-state index contributed by atoms with van der Waals surface area (Å²) in [6, 6.07) is 0. The highest BCUT2D eigenvalue weighted by Gasteiger charge is 2.42. The third-order valence-corrected chi connectivity index (χ3v) is 5.16. The number of nitrogens with two attached hydrogens (primary N) is 1. The number of Topliss-reactive ketones (excluding diaryl/α,β-unsaturated/α-hetero) is 1. The van der Waals surface area contributed by atoms with Gasteiger partial charge in [0.15, 0.2) is 0 Å². The molecule has 3 nitrogen and oxygen atoms in total. The molecule has 1 saturated carbocycles. The summed E-state index contributed by atoms with van der Waals surface area (Å²) in [7, 11) is 0. The Bertz CT molecular complexity index is 276. The molecule has 1 aliphatic heterocycles. The first kappa shape index (κ1) is 14.0. The Hall–Kier alpha value is -0.410. The summed E-state index contributed by atoms with van der Waals surface area (Å²) >= 11 is 0. The molecule has 2 rings (SSSR count). The van der Waals surface area contributed by atoms with Crippen LogP contribution < -0.4 is 5.73 Å². The predicted octanol–water partition coefficient (Wildman–Crippen LogP) is 2.53. The van der Waals surface area contributed by atoms with E-state index in [9.17, 15) is 4.79 Å². The highest BCUT2D eigenvalue weighted by molar-refractivity contribution is 5.87. The Morgan fingerprint density at radius 2 is 1.83 bits per heavy atom. The molecule has 0 spiro atoms. The monoisotopic (exact) mass is 253 g/mol. The zero-order chi connectivity index (χ0) is 13.0. The second kappa shape index (κ2) is 6.16. The average Bonchev–Trinajstić information content (AvgIpc) is 2.47. The zero-order valence-electron chi connectivity index (χ0n) is 11.6. The first-order valence-corrected chi connectivity index (χ1v) is 7.54. The summed E-state index contributed by atoms with van der Waals surface area (Å²) in [6.45, 7) is 4.16. The van der Waals surface area contributed by atoms with Gasteiger partial charge in [-0.3, -0.25) is 4.79 Å². The van der Waals surface area contributed by atoms with Crippen molar-refractivity contribution >= 4 is 5.78 Å². The molecular formula is C15H27NO2. The minimum Gasteiger partial charge on any atom is -0.381 e. The molecule has 0 unspecified atom stereocenters. The average molecular weight is 253 g/mol. The van der Waals surface area contributed by atoms with Gasteiger partial charge in [0, 0.05) is 31.1 Å². The molecular weight excluding hydrogens is 226 g/mol. The lowest BCUT2D eigenvalue weighted by atomic mass is 9.67. The Kier molecular flexibility index (Phi) is 4.79. The quantitative estimate of drug-likeness (QED) is 0.837. The number of carbonyl (C=O) groups excluding carboxylic acids is 1. The molecule has 0 radical (unpaired) electrons. The van der Waals surface area contributed by atoms with Gasteiger partial charge in [-0.2, -0.15) is 0 Å². The van der Waals surface area contributed by atoms with E-state index < -0.39 is 0 Å². The summed E-state index contributed by atoms with van der Waals surface area (Å²) in [6.07, 6.45) is 7.54. The molecule has 0 bridgehead atoms. The van der Waals surface area contributed by atoms with Crippen molar-refractivity contribution in [1.29, 1.82) is 0 Å². The number of hydrogen-bond donors (Lipinski definition) is 1. The normalized spacial score (nSPS) is 32.1. The van der Waals surface area contributed by atoms with E-state index in [4.69, 9.17) is 10.5 Å². The van der Waals surface area contributed by atoms with Crippen molar-refractivity contribution < 1.29 is 9.53 Å². The molecule has 0 aromatic heterocycles. The van der Waals surface area contributed by atoms with Gasteiger partial charge in [-0.05, 0) is 44.4 Å². The van der Waals surface area contributed by atoms with Gasteiger partial charge in [-0.25, -0.2) is 0 Å². The number of hydrogen-bond acceptors (Lipinski definition) is 3. The maximum atomic E-state index is 12.8. The SMILES string of the molecule is CCC1CCC(C(=O)C2(CN)CCOCC2)CC1. The van der Waals surface area contributed by atoms with E-state index >= 15 is 0 Å². The second-order valence-electron chi connectivity index (χ2n) is 6.09. The molecule has 104 valence electrons. The number of carbonyl (C=O) groups is 1. The van der Waals surface area contributed by atoms with Crippen LogP contribution in [0.15, 0.2) is 0 Å². The number of ketones is 1. The lowest BCUT2D eigenvalue weighted by Gasteiger charge is -2.39. The molecule has 1 saturated heterocycles. The first-order chi connectivity index (χ1) is 8.72. The maximum Gasteiger partial charge on any atom is 0.143 e. The van der Waals surface area contributed by atoms with Crippen LogP contribution in [0, 0.1) is 17.3 Å². The van der Waals surface area contributed by atoms with E-state index in [-0.39, 0.29) is 11.3 Å². The molecule has 2 fully saturated rings. The van der Waals surface area contributed by atoms with Gasteiger partial charge < -0.3 is 10.5 Å². The van der Waals surface area contributed by atoms with Crippen LogP contribution in [-0.2, 0) is 9.53 Å². The summed E-state index contributed by atoms with van der Waals surface area (Å²) < 4.78 is 5.39. The summed E-state index contributed by atoms with van der Waals surface area (Å²) in [5.74, 6) is 1.56. The van der Waals surface area contributed by atoms with Crippen molar-refractivity contribution in [2.45, 2.75) is 51.9 Å². The van der Waals surface area contributed by atoms with Gasteiger partial charge in [0.1, 0.15) is 5.78 Å². The largest absolute Gasteiger partial charge is 0.381 e. The number of rotatable bonds is 4. The summed E-state index contributed by atoms with van der Waals surface area (Å²) in [5.41, 5.74) is 5.66. The Balaban J connectivity index is 1.97. The van der Waals surface area contributed by atoms with Crippen LogP contribution in [-0.4, -0.2) is 25.5 Å². The van der Waals surface area contributed by atoms with Gasteiger partial charge in [0.25, 0.3) is 0 Å². The van der Waals surface area contributed by atoms with Gasteiger partial charge in [0.2, 0.25) is 0 Å². The fraction of sp³-hybridized carbons (Fsp3) is 0.933. The van der Waals surface area contributed by atoms with E-state index in [1.807, 2.05) is 0 Å². The topological polar surface area (TPSA) is 52.3 Å². The van der Waals surface area contributed by atoms with Crippen LogP contribution in [0.2, 0.25) is 0 Å². The van der Waals surface area contributed by atoms with Crippen LogP contribution in [0.25, 0.3) is 0 Å². The minimum atomic E-state index is -0.262. The number of ether oxygens (including phenoxy) is 1. The summed E-state index contributed by atoms with van der Waals surface area (Å²) in [5, 5.41) is 0. The van der Waals surface area contributed by atoms with Crippen LogP contribution in [0.1, 0.15) is 51.9 Å². The second-order valence-corrected chi connectivity index (χ2v) is 6.09. The standard InChI is InChI=1S/C15H27NO2/c1-2-12-3-5-13(6-4-12)14(17)15(11-16)7-9-18-10-8-15/h12-13H,2-11,16H2,1H3. The van der Waals surface area contributed by atoms with Crippen molar-refractivity contribution in [2.75, 3.05) is 19.8 Å². The molecule has 3 heteroatoms. The fourth-order valence-electron chi connectivity index (χ4n) is 3.58. The van der Waals surface area contributed by atoms with Crippen LogP contribution in [0.3, 0.4) is 0 Å². The Morgan fingerprint density at radius 1 is 1.22 bits per heavy atom. The molecule has 0 aromatic rings. The van der Waals surface area contributed by atoms with Gasteiger partial charge in [0.05, 0.1) is 0 Å². The van der Waals surface area contributed by atoms with E-state index in [1.54, 1.807) is 0 Å². The maximum absolute atomic E-state index is 12.8. The van der Waals surface area contributed by atoms with Crippen molar-refractivity contribution in [2.24, 2.45) is 23.0 Å². The lowest BCUT2D eigenvalue weighted by Crippen LogP contribution is -2.46. The van der Waals surface area contributed by atoms with Crippen molar-refractivity contribution in [3.05, 3.63) is 0 Å². The van der Waals surface area contributed by atoms with Crippen molar-refractivity contribution in [3.63, 3.8) is 0 Å². The Morgan fingerprint density at radius 3 is 2.33 bits per heavy atom.